The van der Waals surface area contributed by atoms with E-state index < -0.39 is 17.5 Å². The van der Waals surface area contributed by atoms with Crippen molar-refractivity contribution in [3.05, 3.63) is 35.4 Å². The van der Waals surface area contributed by atoms with Gasteiger partial charge in [0, 0.05) is 0 Å². The molecule has 0 aliphatic rings. The van der Waals surface area contributed by atoms with Crippen LogP contribution in [0.4, 0.5) is 0 Å². The molecule has 0 amide bonds. The second-order valence-electron chi connectivity index (χ2n) is 7.18. The van der Waals surface area contributed by atoms with Gasteiger partial charge in [-0.3, -0.25) is 0 Å². The van der Waals surface area contributed by atoms with Crippen molar-refractivity contribution in [2.45, 2.75) is 65.6 Å². The molecule has 0 saturated heterocycles. The molecule has 140 valence electrons. The first-order valence-electron chi connectivity index (χ1n) is 8.74. The van der Waals surface area contributed by atoms with Crippen LogP contribution in [-0.4, -0.2) is 36.4 Å². The van der Waals surface area contributed by atoms with E-state index in [0.29, 0.717) is 17.7 Å². The van der Waals surface area contributed by atoms with Crippen LogP contribution < -0.4 is 0 Å². The molecule has 0 atom stereocenters. The molecule has 0 spiro atoms. The summed E-state index contributed by atoms with van der Waals surface area (Å²) in [5, 5.41) is 0. The minimum Gasteiger partial charge on any atom is -0.460 e. The summed E-state index contributed by atoms with van der Waals surface area (Å²) in [6.45, 7) is 12.2. The predicted octanol–water partition coefficient (Wildman–Crippen LogP) is 4.39. The Hall–Kier alpha value is -1.88. The zero-order valence-corrected chi connectivity index (χ0v) is 16.2. The van der Waals surface area contributed by atoms with Gasteiger partial charge in [-0.2, -0.15) is 0 Å². The van der Waals surface area contributed by atoms with Gasteiger partial charge in [0.05, 0.1) is 23.3 Å². The molecule has 0 aliphatic heterocycles. The van der Waals surface area contributed by atoms with Crippen LogP contribution in [0.2, 0.25) is 0 Å². The topological polar surface area (TPSA) is 61.8 Å². The molecule has 25 heavy (non-hydrogen) atoms. The Morgan fingerprint density at radius 3 is 1.76 bits per heavy atom. The van der Waals surface area contributed by atoms with Crippen LogP contribution in [0.3, 0.4) is 0 Å². The van der Waals surface area contributed by atoms with Gasteiger partial charge in [0.2, 0.25) is 0 Å². The van der Waals surface area contributed by atoms with E-state index in [1.165, 1.54) is 0 Å². The lowest BCUT2D eigenvalue weighted by Gasteiger charge is -2.23. The van der Waals surface area contributed by atoms with Crippen molar-refractivity contribution >= 4 is 11.9 Å². The smallest absolute Gasteiger partial charge is 0.338 e. The summed E-state index contributed by atoms with van der Waals surface area (Å²) in [4.78, 5) is 24.1. The van der Waals surface area contributed by atoms with Crippen molar-refractivity contribution in [1.29, 1.82) is 0 Å². The van der Waals surface area contributed by atoms with E-state index in [-0.39, 0.29) is 12.2 Å². The third-order valence-corrected chi connectivity index (χ3v) is 4.24. The van der Waals surface area contributed by atoms with Gasteiger partial charge >= 0.3 is 11.9 Å². The highest BCUT2D eigenvalue weighted by Gasteiger charge is 2.21. The zero-order chi connectivity index (χ0) is 19.1. The van der Waals surface area contributed by atoms with Gasteiger partial charge in [-0.05, 0) is 64.8 Å². The molecule has 5 heteroatoms. The molecular formula is C20H30O5. The molecule has 0 aliphatic carbocycles. The summed E-state index contributed by atoms with van der Waals surface area (Å²) >= 11 is 0. The van der Waals surface area contributed by atoms with Crippen molar-refractivity contribution in [2.75, 3.05) is 13.2 Å². The Morgan fingerprint density at radius 2 is 1.28 bits per heavy atom. The van der Waals surface area contributed by atoms with E-state index in [4.69, 9.17) is 14.2 Å². The lowest BCUT2D eigenvalue weighted by Crippen LogP contribution is -2.27. The fraction of sp³-hybridized carbons (Fsp3) is 0.600. The number of carbonyl (C=O) groups excluding carboxylic acids is 2. The number of hydrogen-bond acceptors (Lipinski definition) is 5. The van der Waals surface area contributed by atoms with Crippen LogP contribution in [0.5, 0.6) is 0 Å². The Morgan fingerprint density at radius 1 is 0.800 bits per heavy atom. The zero-order valence-electron chi connectivity index (χ0n) is 16.2. The first kappa shape index (κ1) is 21.2. The van der Waals surface area contributed by atoms with Crippen molar-refractivity contribution in [1.82, 2.24) is 0 Å². The van der Waals surface area contributed by atoms with Crippen molar-refractivity contribution in [2.24, 2.45) is 0 Å². The molecule has 0 N–H and O–H groups in total. The molecule has 0 bridgehead atoms. The van der Waals surface area contributed by atoms with Gasteiger partial charge in [0.15, 0.2) is 0 Å². The molecule has 0 heterocycles. The van der Waals surface area contributed by atoms with E-state index in [1.807, 2.05) is 41.5 Å². The Bertz CT molecular complexity index is 572. The molecule has 1 aromatic carbocycles. The summed E-state index contributed by atoms with van der Waals surface area (Å²) in [6.07, 6.45) is 1.60. The third-order valence-electron chi connectivity index (χ3n) is 4.24. The quantitative estimate of drug-likeness (QED) is 0.488. The number of ether oxygens (including phenoxy) is 3. The third kappa shape index (κ3) is 7.26. The maximum Gasteiger partial charge on any atom is 0.338 e. The van der Waals surface area contributed by atoms with Crippen molar-refractivity contribution in [3.63, 3.8) is 0 Å². The van der Waals surface area contributed by atoms with Gasteiger partial charge < -0.3 is 14.2 Å². The van der Waals surface area contributed by atoms with Crippen LogP contribution in [0.15, 0.2) is 24.3 Å². The van der Waals surface area contributed by atoms with Crippen molar-refractivity contribution in [3.8, 4) is 0 Å². The van der Waals surface area contributed by atoms with Crippen LogP contribution in [0.1, 0.15) is 75.1 Å². The fourth-order valence-corrected chi connectivity index (χ4v) is 1.76. The summed E-state index contributed by atoms with van der Waals surface area (Å²) < 4.78 is 16.2. The van der Waals surface area contributed by atoms with E-state index in [0.717, 1.165) is 12.8 Å². The second-order valence-corrected chi connectivity index (χ2v) is 7.18. The average Bonchev–Trinajstić information content (AvgIpc) is 2.58. The highest BCUT2D eigenvalue weighted by Crippen LogP contribution is 2.17. The van der Waals surface area contributed by atoms with Gasteiger partial charge in [-0.1, -0.05) is 13.8 Å². The highest BCUT2D eigenvalue weighted by atomic mass is 16.6. The average molecular weight is 350 g/mol. The Balaban J connectivity index is 2.53. The van der Waals surface area contributed by atoms with Crippen LogP contribution in [0.25, 0.3) is 0 Å². The van der Waals surface area contributed by atoms with Crippen LogP contribution >= 0.6 is 0 Å². The summed E-state index contributed by atoms with van der Waals surface area (Å²) in [6, 6.07) is 6.27. The molecule has 5 nitrogen and oxygen atoms in total. The minimum absolute atomic E-state index is 0.191. The van der Waals surface area contributed by atoms with E-state index >= 15 is 0 Å². The maximum atomic E-state index is 12.1. The lowest BCUT2D eigenvalue weighted by atomic mass is 10.1. The molecule has 0 saturated carbocycles. The Kier molecular flexibility index (Phi) is 7.61. The van der Waals surface area contributed by atoms with E-state index in [2.05, 4.69) is 0 Å². The summed E-state index contributed by atoms with van der Waals surface area (Å²) in [5.41, 5.74) is 0.0638. The lowest BCUT2D eigenvalue weighted by molar-refractivity contribution is -0.0409. The number of hydrogen-bond donors (Lipinski definition) is 0. The monoisotopic (exact) mass is 350 g/mol. The highest BCUT2D eigenvalue weighted by molar-refractivity contribution is 5.93. The largest absolute Gasteiger partial charge is 0.460 e. The van der Waals surface area contributed by atoms with Gasteiger partial charge in [-0.25, -0.2) is 9.59 Å². The van der Waals surface area contributed by atoms with Crippen molar-refractivity contribution < 1.29 is 23.8 Å². The Labute approximate surface area is 150 Å². The fourth-order valence-electron chi connectivity index (χ4n) is 1.76. The number of esters is 2. The SMILES string of the molecule is CCC(C)(C)OCCOC(=O)c1ccc(C(=O)OC(C)(C)CC)cc1. The molecule has 1 rings (SSSR count). The first-order valence-corrected chi connectivity index (χ1v) is 8.74. The number of benzene rings is 1. The van der Waals surface area contributed by atoms with Crippen LogP contribution in [0, 0.1) is 0 Å². The summed E-state index contributed by atoms with van der Waals surface area (Å²) in [7, 11) is 0. The standard InChI is InChI=1S/C20H30O5/c1-7-19(3,4)24-14-13-23-17(21)15-9-11-16(12-10-15)18(22)25-20(5,6)8-2/h9-12H,7-8,13-14H2,1-6H3. The molecule has 0 fully saturated rings. The van der Waals surface area contributed by atoms with Gasteiger partial charge in [0.25, 0.3) is 0 Å². The van der Waals surface area contributed by atoms with Gasteiger partial charge in [0.1, 0.15) is 12.2 Å². The number of carbonyl (C=O) groups is 2. The second kappa shape index (κ2) is 8.99. The van der Waals surface area contributed by atoms with Crippen LogP contribution in [-0.2, 0) is 14.2 Å². The summed E-state index contributed by atoms with van der Waals surface area (Å²) in [5.74, 6) is -0.839. The molecule has 1 aromatic rings. The number of rotatable bonds is 9. The molecular weight excluding hydrogens is 320 g/mol. The van der Waals surface area contributed by atoms with Gasteiger partial charge in [-0.15, -0.1) is 0 Å². The minimum atomic E-state index is -0.513. The predicted molar refractivity (Wildman–Crippen MR) is 96.8 cm³/mol. The normalized spacial score (nSPS) is 11.9. The van der Waals surface area contributed by atoms with E-state index in [1.54, 1.807) is 24.3 Å². The van der Waals surface area contributed by atoms with E-state index in [9.17, 15) is 9.59 Å². The maximum absolute atomic E-state index is 12.1. The molecule has 0 aromatic heterocycles. The molecule has 0 radical (unpaired) electrons. The first-order chi connectivity index (χ1) is 11.6. The molecule has 0 unspecified atom stereocenters.